The maximum Gasteiger partial charge on any atom is 0.541 e. The van der Waals surface area contributed by atoms with Crippen molar-refractivity contribution in [1.29, 1.82) is 0 Å². The minimum atomic E-state index is -3.01. The molecule has 3 heterocycles. The molecule has 0 N–H and O–H groups in total. The van der Waals surface area contributed by atoms with E-state index in [0.717, 1.165) is 43.2 Å². The molecule has 3 saturated heterocycles. The summed E-state index contributed by atoms with van der Waals surface area (Å²) in [6.45, 7) is 17.5. The maximum atomic E-state index is 11.5. The first kappa shape index (κ1) is 20.6. The van der Waals surface area contributed by atoms with Crippen LogP contribution in [0.4, 0.5) is 0 Å². The normalized spacial score (nSPS) is 33.0. The molecule has 3 aliphatic rings. The molecule has 0 radical (unpaired) electrons. The lowest BCUT2D eigenvalue weighted by molar-refractivity contribution is -0.935. The third kappa shape index (κ3) is 5.89. The average Bonchev–Trinajstić information content (AvgIpc) is 2.47. The Morgan fingerprint density at radius 1 is 1.24 bits per heavy atom. The highest BCUT2D eigenvalue weighted by Crippen LogP contribution is 2.28. The number of rotatable bonds is 7. The van der Waals surface area contributed by atoms with Crippen LogP contribution in [0.3, 0.4) is 0 Å². The fourth-order valence-electron chi connectivity index (χ4n) is 3.93. The zero-order chi connectivity index (χ0) is 18.5. The van der Waals surface area contributed by atoms with E-state index in [1.165, 1.54) is 0 Å². The van der Waals surface area contributed by atoms with Crippen LogP contribution in [0.2, 0.25) is 0 Å². The van der Waals surface area contributed by atoms with Crippen LogP contribution in [0.5, 0.6) is 0 Å². The topological polar surface area (TPSA) is 54.0 Å². The van der Waals surface area contributed by atoms with E-state index in [-0.39, 0.29) is 12.3 Å². The number of fused-ring (bicyclic) bond motifs is 6. The molecule has 0 spiro atoms. The zero-order valence-electron chi connectivity index (χ0n) is 16.2. The molecule has 1 unspecified atom stereocenters. The van der Waals surface area contributed by atoms with Crippen LogP contribution in [-0.4, -0.2) is 71.0 Å². The quantitative estimate of drug-likeness (QED) is 0.297. The molecular formula is C18H34NO5Si+. The fraction of sp³-hybridized carbons (Fsp3) is 0.833. The largest absolute Gasteiger partial charge is 0.541 e. The molecule has 0 aromatic carbocycles. The first-order valence-corrected chi connectivity index (χ1v) is 11.3. The summed E-state index contributed by atoms with van der Waals surface area (Å²) in [6.07, 6.45) is 2.24. The average molecular weight is 373 g/mol. The van der Waals surface area contributed by atoms with Gasteiger partial charge in [0.05, 0.1) is 25.9 Å². The summed E-state index contributed by atoms with van der Waals surface area (Å²) >= 11 is 0. The summed E-state index contributed by atoms with van der Waals surface area (Å²) < 4.78 is 24.9. The van der Waals surface area contributed by atoms with Crippen LogP contribution >= 0.6 is 0 Å². The highest BCUT2D eigenvalue weighted by atomic mass is 28.4. The molecule has 2 bridgehead atoms. The van der Waals surface area contributed by atoms with E-state index in [2.05, 4.69) is 34.3 Å². The SMILES string of the molecule is C=CC(=O)OC[Si]12OCC[N+](CC(C)C)(CCO1)CC(CC(C)C)O2. The Morgan fingerprint density at radius 2 is 1.88 bits per heavy atom. The van der Waals surface area contributed by atoms with E-state index in [1.54, 1.807) is 0 Å². The van der Waals surface area contributed by atoms with Crippen molar-refractivity contribution in [2.45, 2.75) is 40.2 Å². The van der Waals surface area contributed by atoms with Crippen LogP contribution < -0.4 is 0 Å². The lowest BCUT2D eigenvalue weighted by atomic mass is 10.0. The van der Waals surface area contributed by atoms with Gasteiger partial charge in [0.15, 0.2) is 6.23 Å². The van der Waals surface area contributed by atoms with E-state index in [0.29, 0.717) is 25.0 Å². The van der Waals surface area contributed by atoms with Crippen LogP contribution in [0.1, 0.15) is 34.1 Å². The third-order valence-corrected chi connectivity index (χ3v) is 7.24. The van der Waals surface area contributed by atoms with E-state index in [9.17, 15) is 4.79 Å². The predicted molar refractivity (Wildman–Crippen MR) is 97.7 cm³/mol. The lowest BCUT2D eigenvalue weighted by Crippen LogP contribution is -2.67. The van der Waals surface area contributed by atoms with Crippen molar-refractivity contribution in [3.05, 3.63) is 12.7 Å². The third-order valence-electron chi connectivity index (χ3n) is 4.76. The van der Waals surface area contributed by atoms with E-state index < -0.39 is 14.8 Å². The van der Waals surface area contributed by atoms with Crippen LogP contribution in [-0.2, 0) is 22.8 Å². The summed E-state index contributed by atoms with van der Waals surface area (Å²) in [5.41, 5.74) is 0. The first-order chi connectivity index (χ1) is 11.8. The maximum absolute atomic E-state index is 11.5. The Labute approximate surface area is 153 Å². The minimum absolute atomic E-state index is 0.0634. The number of quaternary nitrogens is 1. The molecule has 7 heteroatoms. The second-order valence-electron chi connectivity index (χ2n) is 8.11. The smallest absolute Gasteiger partial charge is 0.458 e. The zero-order valence-corrected chi connectivity index (χ0v) is 17.2. The molecular weight excluding hydrogens is 338 g/mol. The van der Waals surface area contributed by atoms with Crippen molar-refractivity contribution >= 4 is 14.8 Å². The second-order valence-corrected chi connectivity index (χ2v) is 10.6. The summed E-state index contributed by atoms with van der Waals surface area (Å²) in [7, 11) is -3.01. The monoisotopic (exact) mass is 372 g/mol. The molecule has 1 atom stereocenters. The Balaban J connectivity index is 2.20. The van der Waals surface area contributed by atoms with Crippen LogP contribution in [0.25, 0.3) is 0 Å². The minimum Gasteiger partial charge on any atom is -0.458 e. The Bertz CT molecular complexity index is 458. The number of carbonyl (C=O) groups is 1. The number of carbonyl (C=O) groups excluding carboxylic acids is 1. The number of hydrogen-bond acceptors (Lipinski definition) is 5. The Hall–Kier alpha value is -0.733. The molecule has 3 fully saturated rings. The van der Waals surface area contributed by atoms with Gasteiger partial charge in [-0.25, -0.2) is 4.79 Å². The second kappa shape index (κ2) is 8.77. The van der Waals surface area contributed by atoms with Crippen molar-refractivity contribution in [3.8, 4) is 0 Å². The van der Waals surface area contributed by atoms with Crippen molar-refractivity contribution in [3.63, 3.8) is 0 Å². The molecule has 3 rings (SSSR count). The molecule has 0 aliphatic carbocycles. The number of esters is 1. The van der Waals surface area contributed by atoms with Crippen molar-refractivity contribution in [2.75, 3.05) is 45.6 Å². The molecule has 144 valence electrons. The number of hydrogen-bond donors (Lipinski definition) is 0. The predicted octanol–water partition coefficient (Wildman–Crippen LogP) is 2.16. The molecule has 0 aromatic heterocycles. The van der Waals surface area contributed by atoms with Gasteiger partial charge in [-0.05, 0) is 12.3 Å². The van der Waals surface area contributed by atoms with Crippen molar-refractivity contribution < 1.29 is 27.3 Å². The van der Waals surface area contributed by atoms with Gasteiger partial charge in [0.25, 0.3) is 0 Å². The fourth-order valence-corrected chi connectivity index (χ4v) is 6.19. The van der Waals surface area contributed by atoms with Gasteiger partial charge in [0.1, 0.15) is 19.6 Å². The lowest BCUT2D eigenvalue weighted by Gasteiger charge is -2.48. The van der Waals surface area contributed by atoms with E-state index in [4.69, 9.17) is 18.0 Å². The Morgan fingerprint density at radius 3 is 2.40 bits per heavy atom. The number of ether oxygens (including phenoxy) is 1. The first-order valence-electron chi connectivity index (χ1n) is 9.38. The van der Waals surface area contributed by atoms with E-state index >= 15 is 0 Å². The van der Waals surface area contributed by atoms with Gasteiger partial charge < -0.3 is 22.5 Å². The van der Waals surface area contributed by atoms with Gasteiger partial charge in [-0.1, -0.05) is 34.3 Å². The van der Waals surface area contributed by atoms with Crippen molar-refractivity contribution in [1.82, 2.24) is 0 Å². The standard InChI is InChI=1S/C18H34NO5Si/c1-6-18(20)21-14-25-22-9-7-19(8-10-23-25,12-16(4)5)13-17(24-25)11-15(2)3/h6,15-17H,1,7-14H2,2-5H3/q+1. The van der Waals surface area contributed by atoms with Gasteiger partial charge in [0, 0.05) is 12.0 Å². The van der Waals surface area contributed by atoms with E-state index in [1.807, 2.05) is 0 Å². The van der Waals surface area contributed by atoms with Gasteiger partial charge in [-0.2, -0.15) is 0 Å². The van der Waals surface area contributed by atoms with Gasteiger partial charge in [0.2, 0.25) is 0 Å². The molecule has 0 aromatic rings. The highest BCUT2D eigenvalue weighted by molar-refractivity contribution is 6.60. The molecule has 0 saturated carbocycles. The molecule has 6 nitrogen and oxygen atoms in total. The van der Waals surface area contributed by atoms with Gasteiger partial charge >= 0.3 is 14.8 Å². The summed E-state index contributed by atoms with van der Waals surface area (Å²) in [5.74, 6) is 0.661. The molecule has 3 aliphatic heterocycles. The number of nitrogens with zero attached hydrogens (tertiary/aromatic N) is 1. The van der Waals surface area contributed by atoms with Gasteiger partial charge in [-0.3, -0.25) is 0 Å². The summed E-state index contributed by atoms with van der Waals surface area (Å²) in [5, 5.41) is 0. The summed E-state index contributed by atoms with van der Waals surface area (Å²) in [6, 6.07) is 0. The van der Waals surface area contributed by atoms with Crippen molar-refractivity contribution in [2.24, 2.45) is 11.8 Å². The van der Waals surface area contributed by atoms with Crippen LogP contribution in [0, 0.1) is 11.8 Å². The van der Waals surface area contributed by atoms with Gasteiger partial charge in [-0.15, -0.1) is 0 Å². The molecule has 25 heavy (non-hydrogen) atoms. The Kier molecular flexibility index (Phi) is 7.22. The molecule has 0 amide bonds. The van der Waals surface area contributed by atoms with Crippen LogP contribution in [0.15, 0.2) is 12.7 Å². The summed E-state index contributed by atoms with van der Waals surface area (Å²) in [4.78, 5) is 11.5. The highest BCUT2D eigenvalue weighted by Gasteiger charge is 2.52.